The van der Waals surface area contributed by atoms with E-state index in [1.165, 1.54) is 4.68 Å². The molecule has 0 radical (unpaired) electrons. The molecule has 0 saturated heterocycles. The Balaban J connectivity index is 1.55. The van der Waals surface area contributed by atoms with Gasteiger partial charge in [0.05, 0.1) is 29.6 Å². The van der Waals surface area contributed by atoms with E-state index in [9.17, 15) is 14.4 Å². The maximum Gasteiger partial charge on any atom is 0.273 e. The molecule has 3 aromatic rings. The fraction of sp³-hybridized carbons (Fsp3) is 0.350. The van der Waals surface area contributed by atoms with Gasteiger partial charge in [-0.15, -0.1) is 0 Å². The van der Waals surface area contributed by atoms with Gasteiger partial charge in [0.1, 0.15) is 5.76 Å². The summed E-state index contributed by atoms with van der Waals surface area (Å²) in [5.41, 5.74) is -0.629. The number of amides is 1. The van der Waals surface area contributed by atoms with Gasteiger partial charge in [0, 0.05) is 12.5 Å². The quantitative estimate of drug-likeness (QED) is 0.725. The molecular formula is C20H21N3O4. The van der Waals surface area contributed by atoms with Gasteiger partial charge < -0.3 is 9.32 Å². The van der Waals surface area contributed by atoms with Gasteiger partial charge in [-0.1, -0.05) is 12.1 Å². The first kappa shape index (κ1) is 17.3. The molecule has 0 spiro atoms. The van der Waals surface area contributed by atoms with E-state index in [2.05, 4.69) is 5.10 Å². The summed E-state index contributed by atoms with van der Waals surface area (Å²) in [6.45, 7) is 2.07. The van der Waals surface area contributed by atoms with Crippen molar-refractivity contribution in [2.45, 2.75) is 44.8 Å². The Labute approximate surface area is 155 Å². The lowest BCUT2D eigenvalue weighted by Crippen LogP contribution is -2.37. The van der Waals surface area contributed by atoms with Crippen LogP contribution in [0.3, 0.4) is 0 Å². The maximum absolute atomic E-state index is 12.9. The molecule has 1 amide bonds. The van der Waals surface area contributed by atoms with E-state index in [0.29, 0.717) is 10.8 Å². The average Bonchev–Trinajstić information content (AvgIpc) is 3.34. The molecule has 140 valence electrons. The SMILES string of the molecule is CC(c1ccco1)N(C(=O)CCn1[nH]c(=O)c2ccccc2c1=O)C1CC1. The van der Waals surface area contributed by atoms with E-state index < -0.39 is 0 Å². The van der Waals surface area contributed by atoms with Gasteiger partial charge in [0.2, 0.25) is 5.91 Å². The number of aryl methyl sites for hydroxylation is 1. The molecule has 1 aromatic carbocycles. The summed E-state index contributed by atoms with van der Waals surface area (Å²) in [5, 5.41) is 3.29. The average molecular weight is 367 g/mol. The highest BCUT2D eigenvalue weighted by Crippen LogP contribution is 2.35. The van der Waals surface area contributed by atoms with Crippen LogP contribution in [0.2, 0.25) is 0 Å². The lowest BCUT2D eigenvalue weighted by atomic mass is 10.2. The summed E-state index contributed by atoms with van der Waals surface area (Å²) in [6.07, 6.45) is 3.68. The van der Waals surface area contributed by atoms with E-state index >= 15 is 0 Å². The largest absolute Gasteiger partial charge is 0.467 e. The highest BCUT2D eigenvalue weighted by atomic mass is 16.3. The van der Waals surface area contributed by atoms with Crippen LogP contribution in [-0.2, 0) is 11.3 Å². The van der Waals surface area contributed by atoms with E-state index in [4.69, 9.17) is 4.42 Å². The Kier molecular flexibility index (Phi) is 4.43. The molecular weight excluding hydrogens is 346 g/mol. The van der Waals surface area contributed by atoms with Crippen molar-refractivity contribution in [2.75, 3.05) is 0 Å². The minimum atomic E-state index is -0.333. The van der Waals surface area contributed by atoms with E-state index in [0.717, 1.165) is 18.6 Å². The molecule has 7 nitrogen and oxygen atoms in total. The zero-order valence-corrected chi connectivity index (χ0v) is 15.1. The van der Waals surface area contributed by atoms with Gasteiger partial charge in [-0.05, 0) is 44.0 Å². The Morgan fingerprint density at radius 2 is 1.96 bits per heavy atom. The smallest absolute Gasteiger partial charge is 0.273 e. The lowest BCUT2D eigenvalue weighted by molar-refractivity contribution is -0.134. The Morgan fingerprint density at radius 1 is 1.22 bits per heavy atom. The normalized spacial score (nSPS) is 15.0. The van der Waals surface area contributed by atoms with Crippen molar-refractivity contribution in [2.24, 2.45) is 0 Å². The van der Waals surface area contributed by atoms with Gasteiger partial charge in [0.25, 0.3) is 11.1 Å². The van der Waals surface area contributed by atoms with Crippen molar-refractivity contribution < 1.29 is 9.21 Å². The van der Waals surface area contributed by atoms with Crippen molar-refractivity contribution in [1.82, 2.24) is 14.7 Å². The molecule has 27 heavy (non-hydrogen) atoms. The number of fused-ring (bicyclic) bond motifs is 1. The van der Waals surface area contributed by atoms with Crippen LogP contribution in [0.25, 0.3) is 10.8 Å². The number of aromatic amines is 1. The maximum atomic E-state index is 12.9. The number of carbonyl (C=O) groups is 1. The number of H-pyrrole nitrogens is 1. The molecule has 1 saturated carbocycles. The zero-order valence-electron chi connectivity index (χ0n) is 15.1. The third-order valence-electron chi connectivity index (χ3n) is 5.03. The van der Waals surface area contributed by atoms with Crippen molar-refractivity contribution in [1.29, 1.82) is 0 Å². The van der Waals surface area contributed by atoms with Crippen molar-refractivity contribution >= 4 is 16.7 Å². The Morgan fingerprint density at radius 3 is 2.63 bits per heavy atom. The number of carbonyl (C=O) groups excluding carboxylic acids is 1. The van der Waals surface area contributed by atoms with Gasteiger partial charge in [-0.25, -0.2) is 4.68 Å². The number of nitrogens with one attached hydrogen (secondary N) is 1. The van der Waals surface area contributed by atoms with Crippen LogP contribution in [0.15, 0.2) is 56.7 Å². The lowest BCUT2D eigenvalue weighted by Gasteiger charge is -2.28. The van der Waals surface area contributed by atoms with E-state index in [1.54, 1.807) is 36.6 Å². The van der Waals surface area contributed by atoms with Gasteiger partial charge in [0.15, 0.2) is 0 Å². The second kappa shape index (κ2) is 6.90. The van der Waals surface area contributed by atoms with Crippen molar-refractivity contribution in [3.63, 3.8) is 0 Å². The highest BCUT2D eigenvalue weighted by Gasteiger charge is 2.36. The summed E-state index contributed by atoms with van der Waals surface area (Å²) in [4.78, 5) is 39.5. The number of rotatable bonds is 6. The number of hydrogen-bond acceptors (Lipinski definition) is 4. The Hall–Kier alpha value is -3.09. The molecule has 1 aliphatic rings. The van der Waals surface area contributed by atoms with Crippen LogP contribution in [0.5, 0.6) is 0 Å². The van der Waals surface area contributed by atoms with Crippen LogP contribution in [0, 0.1) is 0 Å². The van der Waals surface area contributed by atoms with Crippen molar-refractivity contribution in [3.05, 3.63) is 69.1 Å². The van der Waals surface area contributed by atoms with E-state index in [-0.39, 0.29) is 42.1 Å². The van der Waals surface area contributed by atoms with E-state index in [1.807, 2.05) is 17.9 Å². The molecule has 0 aliphatic heterocycles. The van der Waals surface area contributed by atoms with Crippen molar-refractivity contribution in [3.8, 4) is 0 Å². The molecule has 7 heteroatoms. The highest BCUT2D eigenvalue weighted by molar-refractivity contribution is 5.80. The second-order valence-electron chi connectivity index (χ2n) is 6.92. The second-order valence-corrected chi connectivity index (χ2v) is 6.92. The predicted molar refractivity (Wildman–Crippen MR) is 100 cm³/mol. The summed E-state index contributed by atoms with van der Waals surface area (Å²) in [7, 11) is 0. The van der Waals surface area contributed by atoms with Crippen LogP contribution < -0.4 is 11.1 Å². The summed E-state index contributed by atoms with van der Waals surface area (Å²) < 4.78 is 6.68. The van der Waals surface area contributed by atoms with Crippen LogP contribution in [0.1, 0.15) is 38.0 Å². The number of nitrogens with zero attached hydrogens (tertiary/aromatic N) is 2. The molecule has 2 aromatic heterocycles. The minimum Gasteiger partial charge on any atom is -0.467 e. The van der Waals surface area contributed by atoms with Crippen LogP contribution in [-0.4, -0.2) is 26.6 Å². The fourth-order valence-corrected chi connectivity index (χ4v) is 3.50. The molecule has 4 rings (SSSR count). The van der Waals surface area contributed by atoms with Crippen LogP contribution >= 0.6 is 0 Å². The number of hydrogen-bond donors (Lipinski definition) is 1. The monoisotopic (exact) mass is 367 g/mol. The number of benzene rings is 1. The van der Waals surface area contributed by atoms with Crippen LogP contribution in [0.4, 0.5) is 0 Å². The molecule has 1 fully saturated rings. The summed E-state index contributed by atoms with van der Waals surface area (Å²) >= 11 is 0. The first-order valence-corrected chi connectivity index (χ1v) is 9.12. The number of furan rings is 1. The standard InChI is InChI=1S/C20H21N3O4/c1-13(17-7-4-12-27-17)23(14-8-9-14)18(24)10-11-22-20(26)16-6-3-2-5-15(16)19(25)21-22/h2-7,12-14H,8-11H2,1H3,(H,21,25). The molecule has 1 atom stereocenters. The Bertz CT molecular complexity index is 1080. The fourth-order valence-electron chi connectivity index (χ4n) is 3.50. The summed E-state index contributed by atoms with van der Waals surface area (Å²) in [6, 6.07) is 10.4. The minimum absolute atomic E-state index is 0.0534. The molecule has 0 bridgehead atoms. The first-order valence-electron chi connectivity index (χ1n) is 9.12. The molecule has 1 aliphatic carbocycles. The summed E-state index contributed by atoms with van der Waals surface area (Å²) in [5.74, 6) is 0.689. The van der Waals surface area contributed by atoms with Gasteiger partial charge >= 0.3 is 0 Å². The number of aromatic nitrogens is 2. The first-order chi connectivity index (χ1) is 13.1. The van der Waals surface area contributed by atoms with Gasteiger partial charge in [-0.2, -0.15) is 0 Å². The third kappa shape index (κ3) is 3.32. The topological polar surface area (TPSA) is 88.3 Å². The zero-order chi connectivity index (χ0) is 19.0. The predicted octanol–water partition coefficient (Wildman–Crippen LogP) is 2.43. The van der Waals surface area contributed by atoms with Gasteiger partial charge in [-0.3, -0.25) is 19.5 Å². The molecule has 1 N–H and O–H groups in total. The molecule has 2 heterocycles. The third-order valence-corrected chi connectivity index (χ3v) is 5.03. The molecule has 1 unspecified atom stereocenters.